The fourth-order valence-electron chi connectivity index (χ4n) is 2.33. The van der Waals surface area contributed by atoms with E-state index in [-0.39, 0.29) is 12.5 Å². The molecule has 0 fully saturated rings. The Hall–Kier alpha value is -3.07. The van der Waals surface area contributed by atoms with Gasteiger partial charge in [-0.25, -0.2) is 13.2 Å². The molecule has 8 nitrogen and oxygen atoms in total. The molecule has 1 amide bonds. The van der Waals surface area contributed by atoms with Crippen LogP contribution < -0.4 is 14.4 Å². The normalized spacial score (nSPS) is 12.0. The molecule has 0 spiro atoms. The Morgan fingerprint density at radius 3 is 2.17 bits per heavy atom. The first-order valence-electron chi connectivity index (χ1n) is 8.90. The fourth-order valence-corrected chi connectivity index (χ4v) is 2.84. The van der Waals surface area contributed by atoms with Crippen LogP contribution in [-0.2, 0) is 19.6 Å². The molecule has 9 heteroatoms. The lowest BCUT2D eigenvalue weighted by atomic mass is 10.2. The molecule has 0 heterocycles. The van der Waals surface area contributed by atoms with Crippen molar-refractivity contribution in [2.45, 2.75) is 20.0 Å². The highest BCUT2D eigenvalue weighted by Crippen LogP contribution is 2.21. The van der Waals surface area contributed by atoms with Gasteiger partial charge >= 0.3 is 5.97 Å². The summed E-state index contributed by atoms with van der Waals surface area (Å²) in [5, 5.41) is 2.71. The number of rotatable bonds is 8. The summed E-state index contributed by atoms with van der Waals surface area (Å²) in [6, 6.07) is 12.7. The highest BCUT2D eigenvalue weighted by molar-refractivity contribution is 7.92. The third-order valence-corrected chi connectivity index (χ3v) is 5.25. The van der Waals surface area contributed by atoms with Crippen LogP contribution in [0.2, 0.25) is 0 Å². The molecule has 156 valence electrons. The maximum Gasteiger partial charge on any atom is 0.338 e. The van der Waals surface area contributed by atoms with Gasteiger partial charge in [-0.2, -0.15) is 0 Å². The lowest BCUT2D eigenvalue weighted by molar-refractivity contribution is -0.122. The van der Waals surface area contributed by atoms with Crippen LogP contribution in [0.25, 0.3) is 0 Å². The first-order chi connectivity index (χ1) is 13.6. The molecular weight excluding hydrogens is 396 g/mol. The van der Waals surface area contributed by atoms with Gasteiger partial charge in [-0.3, -0.25) is 9.10 Å². The second kappa shape index (κ2) is 9.42. The van der Waals surface area contributed by atoms with Crippen LogP contribution in [0.4, 0.5) is 11.4 Å². The van der Waals surface area contributed by atoms with Crippen LogP contribution in [0.1, 0.15) is 24.2 Å². The average Bonchev–Trinajstić information content (AvgIpc) is 2.68. The van der Waals surface area contributed by atoms with Gasteiger partial charge in [0.25, 0.3) is 5.91 Å². The zero-order valence-electron chi connectivity index (χ0n) is 16.7. The van der Waals surface area contributed by atoms with Gasteiger partial charge in [0.05, 0.1) is 24.1 Å². The summed E-state index contributed by atoms with van der Waals surface area (Å²) >= 11 is 0. The molecule has 1 N–H and O–H groups in total. The standard InChI is InChI=1S/C20H24N2O6S/c1-5-27-20(24)15-6-8-16(9-7-15)21-19(23)14(2)28-18-12-10-17(11-13-18)22(3)29(4,25)26/h6-14H,5H2,1-4H3,(H,21,23)/t14-/m0/s1. The smallest absolute Gasteiger partial charge is 0.338 e. The molecule has 2 aromatic rings. The number of anilines is 2. The number of hydrogen-bond acceptors (Lipinski definition) is 6. The number of carbonyl (C=O) groups is 2. The molecule has 0 aliphatic carbocycles. The summed E-state index contributed by atoms with van der Waals surface area (Å²) in [5.41, 5.74) is 1.40. The first kappa shape index (κ1) is 22.2. The molecule has 0 aliphatic rings. The number of sulfonamides is 1. The van der Waals surface area contributed by atoms with Crippen LogP contribution >= 0.6 is 0 Å². The lowest BCUT2D eigenvalue weighted by Crippen LogP contribution is -2.30. The van der Waals surface area contributed by atoms with Gasteiger partial charge in [0.2, 0.25) is 10.0 Å². The summed E-state index contributed by atoms with van der Waals surface area (Å²) in [7, 11) is -1.90. The Bertz CT molecular complexity index is 955. The van der Waals surface area contributed by atoms with E-state index in [4.69, 9.17) is 9.47 Å². The van der Waals surface area contributed by atoms with Crippen molar-refractivity contribution in [3.63, 3.8) is 0 Å². The van der Waals surface area contributed by atoms with E-state index >= 15 is 0 Å². The quantitative estimate of drug-likeness (QED) is 0.659. The van der Waals surface area contributed by atoms with Gasteiger partial charge in [0, 0.05) is 12.7 Å². The number of carbonyl (C=O) groups excluding carboxylic acids is 2. The van der Waals surface area contributed by atoms with Crippen molar-refractivity contribution in [3.8, 4) is 5.75 Å². The Balaban J connectivity index is 1.96. The summed E-state index contributed by atoms with van der Waals surface area (Å²) < 4.78 is 34.8. The topological polar surface area (TPSA) is 102 Å². The fraction of sp³-hybridized carbons (Fsp3) is 0.300. The van der Waals surface area contributed by atoms with Crippen LogP contribution in [0.15, 0.2) is 48.5 Å². The minimum absolute atomic E-state index is 0.289. The van der Waals surface area contributed by atoms with E-state index in [0.717, 1.165) is 10.6 Å². The second-order valence-corrected chi connectivity index (χ2v) is 8.29. The van der Waals surface area contributed by atoms with Crippen molar-refractivity contribution < 1.29 is 27.5 Å². The molecular formula is C20H24N2O6S. The Morgan fingerprint density at radius 1 is 1.07 bits per heavy atom. The SMILES string of the molecule is CCOC(=O)c1ccc(NC(=O)[C@H](C)Oc2ccc(N(C)S(C)(=O)=O)cc2)cc1. The Morgan fingerprint density at radius 2 is 1.66 bits per heavy atom. The van der Waals surface area contributed by atoms with E-state index in [1.807, 2.05) is 0 Å². The number of esters is 1. The number of nitrogens with one attached hydrogen (secondary N) is 1. The molecule has 0 radical (unpaired) electrons. The molecule has 0 unspecified atom stereocenters. The van der Waals surface area contributed by atoms with E-state index in [1.54, 1.807) is 62.4 Å². The van der Waals surface area contributed by atoms with Gasteiger partial charge in [-0.1, -0.05) is 0 Å². The van der Waals surface area contributed by atoms with Gasteiger partial charge < -0.3 is 14.8 Å². The highest BCUT2D eigenvalue weighted by Gasteiger charge is 2.16. The van der Waals surface area contributed by atoms with Crippen molar-refractivity contribution in [1.82, 2.24) is 0 Å². The minimum Gasteiger partial charge on any atom is -0.481 e. The van der Waals surface area contributed by atoms with E-state index in [9.17, 15) is 18.0 Å². The second-order valence-electron chi connectivity index (χ2n) is 6.27. The molecule has 0 aliphatic heterocycles. The van der Waals surface area contributed by atoms with E-state index in [2.05, 4.69) is 5.32 Å². The molecule has 2 aromatic carbocycles. The van der Waals surface area contributed by atoms with E-state index in [0.29, 0.717) is 22.7 Å². The Kier molecular flexibility index (Phi) is 7.22. The van der Waals surface area contributed by atoms with Gasteiger partial charge in [-0.15, -0.1) is 0 Å². The third-order valence-electron chi connectivity index (χ3n) is 4.04. The number of amides is 1. The van der Waals surface area contributed by atoms with Gasteiger partial charge in [-0.05, 0) is 62.4 Å². The molecule has 2 rings (SSSR count). The van der Waals surface area contributed by atoms with Gasteiger partial charge in [0.15, 0.2) is 6.10 Å². The lowest BCUT2D eigenvalue weighted by Gasteiger charge is -2.18. The average molecular weight is 420 g/mol. The maximum absolute atomic E-state index is 12.3. The predicted molar refractivity (Wildman–Crippen MR) is 111 cm³/mol. The summed E-state index contributed by atoms with van der Waals surface area (Å²) in [4.78, 5) is 24.0. The zero-order chi connectivity index (χ0) is 21.6. The van der Waals surface area contributed by atoms with Crippen molar-refractivity contribution in [1.29, 1.82) is 0 Å². The van der Waals surface area contributed by atoms with Crippen molar-refractivity contribution in [2.24, 2.45) is 0 Å². The predicted octanol–water partition coefficient (Wildman–Crippen LogP) is 2.67. The molecule has 0 bridgehead atoms. The van der Waals surface area contributed by atoms with Crippen molar-refractivity contribution in [3.05, 3.63) is 54.1 Å². The summed E-state index contributed by atoms with van der Waals surface area (Å²) in [6.07, 6.45) is 0.321. The van der Waals surface area contributed by atoms with Crippen LogP contribution in [-0.4, -0.2) is 46.3 Å². The van der Waals surface area contributed by atoms with Gasteiger partial charge in [0.1, 0.15) is 5.75 Å². The minimum atomic E-state index is -3.35. The molecule has 0 aromatic heterocycles. The molecule has 29 heavy (non-hydrogen) atoms. The van der Waals surface area contributed by atoms with Crippen molar-refractivity contribution >= 4 is 33.3 Å². The summed E-state index contributed by atoms with van der Waals surface area (Å²) in [5.74, 6) is -0.366. The molecule has 0 saturated carbocycles. The van der Waals surface area contributed by atoms with E-state index in [1.165, 1.54) is 7.05 Å². The Labute approximate surface area is 170 Å². The summed E-state index contributed by atoms with van der Waals surface area (Å²) in [6.45, 7) is 3.61. The van der Waals surface area contributed by atoms with Crippen LogP contribution in [0.5, 0.6) is 5.75 Å². The van der Waals surface area contributed by atoms with Crippen molar-refractivity contribution in [2.75, 3.05) is 29.5 Å². The molecule has 1 atom stereocenters. The molecule has 0 saturated heterocycles. The number of ether oxygens (including phenoxy) is 2. The van der Waals surface area contributed by atoms with Crippen LogP contribution in [0, 0.1) is 0 Å². The van der Waals surface area contributed by atoms with Crippen LogP contribution in [0.3, 0.4) is 0 Å². The monoisotopic (exact) mass is 420 g/mol. The maximum atomic E-state index is 12.3. The largest absolute Gasteiger partial charge is 0.481 e. The van der Waals surface area contributed by atoms with E-state index < -0.39 is 22.1 Å². The number of hydrogen-bond donors (Lipinski definition) is 1. The number of benzene rings is 2. The highest BCUT2D eigenvalue weighted by atomic mass is 32.2. The third kappa shape index (κ3) is 6.21. The first-order valence-corrected chi connectivity index (χ1v) is 10.8. The zero-order valence-corrected chi connectivity index (χ0v) is 17.5. The number of nitrogens with zero attached hydrogens (tertiary/aromatic N) is 1.